The van der Waals surface area contributed by atoms with E-state index in [0.717, 1.165) is 25.0 Å². The van der Waals surface area contributed by atoms with Gasteiger partial charge in [-0.2, -0.15) is 0 Å². The summed E-state index contributed by atoms with van der Waals surface area (Å²) in [6, 6.07) is 22.2. The Balaban J connectivity index is 1.78. The molecule has 3 aromatic rings. The number of fused-ring (bicyclic) bond motifs is 1. The van der Waals surface area contributed by atoms with Crippen LogP contribution in [-0.4, -0.2) is 21.5 Å². The van der Waals surface area contributed by atoms with Crippen LogP contribution in [0, 0.1) is 0 Å². The Morgan fingerprint density at radius 2 is 1.49 bits per heavy atom. The van der Waals surface area contributed by atoms with Crippen molar-refractivity contribution >= 4 is 8.32 Å². The van der Waals surface area contributed by atoms with Crippen LogP contribution in [0.1, 0.15) is 57.2 Å². The fourth-order valence-corrected chi connectivity index (χ4v) is 6.38. The highest BCUT2D eigenvalue weighted by molar-refractivity contribution is 6.74. The van der Waals surface area contributed by atoms with Crippen LogP contribution in [0.4, 0.5) is 0 Å². The van der Waals surface area contributed by atoms with Gasteiger partial charge in [-0.3, -0.25) is 0 Å². The molecule has 0 unspecified atom stereocenters. The molecule has 186 valence electrons. The van der Waals surface area contributed by atoms with Crippen LogP contribution in [0.25, 0.3) is 22.3 Å². The average molecular weight is 487 g/mol. The second-order valence-corrected chi connectivity index (χ2v) is 16.3. The number of rotatable bonds is 8. The molecule has 2 nitrogen and oxygen atoms in total. The Bertz CT molecular complexity index is 1160. The summed E-state index contributed by atoms with van der Waals surface area (Å²) < 4.78 is 12.7. The molecule has 0 saturated carbocycles. The van der Waals surface area contributed by atoms with Gasteiger partial charge in [-0.15, -0.1) is 0 Å². The lowest BCUT2D eigenvalue weighted by Crippen LogP contribution is -2.44. The summed E-state index contributed by atoms with van der Waals surface area (Å²) >= 11 is 0. The molecule has 3 heteroatoms. The van der Waals surface area contributed by atoms with Crippen LogP contribution in [0.5, 0.6) is 5.75 Å². The molecule has 35 heavy (non-hydrogen) atoms. The van der Waals surface area contributed by atoms with E-state index in [1.54, 1.807) is 7.11 Å². The summed E-state index contributed by atoms with van der Waals surface area (Å²) in [5, 5.41) is 0.205. The van der Waals surface area contributed by atoms with Gasteiger partial charge in [0.15, 0.2) is 8.32 Å². The van der Waals surface area contributed by atoms with Gasteiger partial charge in [-0.25, -0.2) is 0 Å². The summed E-state index contributed by atoms with van der Waals surface area (Å²) in [6.45, 7) is 14.0. The molecular formula is C32H42O2Si. The van der Waals surface area contributed by atoms with Crippen molar-refractivity contribution < 1.29 is 9.16 Å². The van der Waals surface area contributed by atoms with Crippen molar-refractivity contribution in [1.82, 2.24) is 0 Å². The average Bonchev–Trinajstić information content (AvgIpc) is 3.24. The highest BCUT2D eigenvalue weighted by atomic mass is 28.4. The highest BCUT2D eigenvalue weighted by Gasteiger charge is 2.41. The predicted octanol–water partition coefficient (Wildman–Crippen LogP) is 8.86. The minimum Gasteiger partial charge on any atom is -0.496 e. The minimum atomic E-state index is -1.86. The fraction of sp³-hybridized carbons (Fsp3) is 0.438. The molecule has 4 rings (SSSR count). The number of benzene rings is 3. The highest BCUT2D eigenvalue weighted by Crippen LogP contribution is 2.43. The minimum absolute atomic E-state index is 0.205. The fourth-order valence-electron chi connectivity index (χ4n) is 5.03. The van der Waals surface area contributed by atoms with Crippen molar-refractivity contribution in [3.63, 3.8) is 0 Å². The van der Waals surface area contributed by atoms with Gasteiger partial charge in [0.25, 0.3) is 0 Å². The summed E-state index contributed by atoms with van der Waals surface area (Å²) in [4.78, 5) is 0. The van der Waals surface area contributed by atoms with Crippen LogP contribution in [-0.2, 0) is 23.7 Å². The lowest BCUT2D eigenvalue weighted by molar-refractivity contribution is 0.191. The maximum absolute atomic E-state index is 6.96. The molecule has 0 N–H and O–H groups in total. The third-order valence-corrected chi connectivity index (χ3v) is 12.6. The summed E-state index contributed by atoms with van der Waals surface area (Å²) in [7, 11) is -0.0779. The first-order valence-corrected chi connectivity index (χ1v) is 16.1. The number of hydrogen-bond acceptors (Lipinski definition) is 2. The van der Waals surface area contributed by atoms with E-state index in [1.165, 1.54) is 51.8 Å². The summed E-state index contributed by atoms with van der Waals surface area (Å²) in [5.41, 5.74) is 9.51. The second-order valence-electron chi connectivity index (χ2n) is 11.5. The number of aryl methyl sites for hydroxylation is 1. The third-order valence-electron chi connectivity index (χ3n) is 8.04. The molecule has 0 bridgehead atoms. The van der Waals surface area contributed by atoms with Gasteiger partial charge in [-0.05, 0) is 94.9 Å². The summed E-state index contributed by atoms with van der Waals surface area (Å²) in [5.74, 6) is 0.999. The molecule has 0 spiro atoms. The number of methoxy groups -OCH3 is 1. The molecule has 0 fully saturated rings. The zero-order valence-corrected chi connectivity index (χ0v) is 23.7. The Morgan fingerprint density at radius 3 is 2.06 bits per heavy atom. The third kappa shape index (κ3) is 5.41. The van der Waals surface area contributed by atoms with E-state index in [2.05, 4.69) is 101 Å². The van der Waals surface area contributed by atoms with Crippen molar-refractivity contribution in [3.05, 3.63) is 77.4 Å². The van der Waals surface area contributed by atoms with Gasteiger partial charge < -0.3 is 9.16 Å². The van der Waals surface area contributed by atoms with E-state index in [4.69, 9.17) is 9.16 Å². The van der Waals surface area contributed by atoms with E-state index in [0.29, 0.717) is 0 Å². The molecule has 0 aliphatic heterocycles. The lowest BCUT2D eigenvalue weighted by Gasteiger charge is -2.38. The molecular weight excluding hydrogens is 444 g/mol. The van der Waals surface area contributed by atoms with Crippen molar-refractivity contribution in [2.24, 2.45) is 0 Å². The first-order valence-electron chi connectivity index (χ1n) is 13.2. The molecule has 0 radical (unpaired) electrons. The van der Waals surface area contributed by atoms with Crippen molar-refractivity contribution in [2.75, 3.05) is 7.11 Å². The SMILES string of the molecule is CCCCc1cc(-c2ccc(-c3ccccc3)c3c2C[C@@H](O[Si](C)(C)C(C)(C)C)C3)ccc1OC. The number of unbranched alkanes of at least 4 members (excludes halogenated alkanes) is 1. The normalized spacial score (nSPS) is 15.8. The van der Waals surface area contributed by atoms with Gasteiger partial charge in [-0.1, -0.05) is 82.6 Å². The van der Waals surface area contributed by atoms with E-state index < -0.39 is 8.32 Å². The van der Waals surface area contributed by atoms with Gasteiger partial charge >= 0.3 is 0 Å². The van der Waals surface area contributed by atoms with Crippen LogP contribution in [0.2, 0.25) is 18.1 Å². The Kier molecular flexibility index (Phi) is 7.59. The van der Waals surface area contributed by atoms with Crippen molar-refractivity contribution in [1.29, 1.82) is 0 Å². The molecule has 0 amide bonds. The zero-order valence-electron chi connectivity index (χ0n) is 22.7. The van der Waals surface area contributed by atoms with Crippen LogP contribution >= 0.6 is 0 Å². The van der Waals surface area contributed by atoms with Gasteiger partial charge in [0, 0.05) is 0 Å². The number of hydrogen-bond donors (Lipinski definition) is 0. The monoisotopic (exact) mass is 486 g/mol. The summed E-state index contributed by atoms with van der Waals surface area (Å²) in [6.07, 6.45) is 5.61. The zero-order chi connectivity index (χ0) is 25.2. The molecule has 1 aliphatic rings. The smallest absolute Gasteiger partial charge is 0.192 e. The largest absolute Gasteiger partial charge is 0.496 e. The topological polar surface area (TPSA) is 18.5 Å². The van der Waals surface area contributed by atoms with Crippen LogP contribution < -0.4 is 4.74 Å². The molecule has 1 aliphatic carbocycles. The standard InChI is InChI=1S/C32H42O2Si/c1-8-9-13-25-20-24(16-19-31(25)33-5)28-18-17-27(23-14-11-10-12-15-23)29-21-26(22-30(28)29)34-35(6,7)32(2,3)4/h10-12,14-20,26H,8-9,13,21-22H2,1-7H3/t26-/m0/s1. The molecule has 0 heterocycles. The number of ether oxygens (including phenoxy) is 1. The van der Waals surface area contributed by atoms with E-state index in [1.807, 2.05) is 0 Å². The predicted molar refractivity (Wildman–Crippen MR) is 152 cm³/mol. The molecule has 1 atom stereocenters. The van der Waals surface area contributed by atoms with E-state index in [9.17, 15) is 0 Å². The van der Waals surface area contributed by atoms with Crippen LogP contribution in [0.3, 0.4) is 0 Å². The maximum atomic E-state index is 6.96. The maximum Gasteiger partial charge on any atom is 0.192 e. The molecule has 0 aromatic heterocycles. The van der Waals surface area contributed by atoms with Gasteiger partial charge in [0.05, 0.1) is 13.2 Å². The molecule has 0 saturated heterocycles. The second kappa shape index (κ2) is 10.3. The first kappa shape index (κ1) is 25.7. The van der Waals surface area contributed by atoms with Crippen molar-refractivity contribution in [3.8, 4) is 28.0 Å². The quantitative estimate of drug-likeness (QED) is 0.296. The van der Waals surface area contributed by atoms with E-state index in [-0.39, 0.29) is 11.1 Å². The Labute approximate surface area is 213 Å². The Hall–Kier alpha value is -2.36. The molecule has 3 aromatic carbocycles. The van der Waals surface area contributed by atoms with Gasteiger partial charge in [0.1, 0.15) is 5.75 Å². The first-order chi connectivity index (χ1) is 16.6. The van der Waals surface area contributed by atoms with E-state index >= 15 is 0 Å². The van der Waals surface area contributed by atoms with Gasteiger partial charge in [0.2, 0.25) is 0 Å². The van der Waals surface area contributed by atoms with Crippen LogP contribution in [0.15, 0.2) is 60.7 Å². The lowest BCUT2D eigenvalue weighted by atomic mass is 9.90. The van der Waals surface area contributed by atoms with Crippen molar-refractivity contribution in [2.45, 2.75) is 84.0 Å². The Morgan fingerprint density at radius 1 is 0.857 bits per heavy atom.